The molecule has 0 fully saturated rings. The second-order valence-corrected chi connectivity index (χ2v) is 6.31. The van der Waals surface area contributed by atoms with E-state index in [1.807, 2.05) is 7.05 Å². The van der Waals surface area contributed by atoms with Crippen molar-refractivity contribution in [2.45, 2.75) is 19.4 Å². The highest BCUT2D eigenvalue weighted by Gasteiger charge is 2.08. The fourth-order valence-electron chi connectivity index (χ4n) is 2.45. The lowest BCUT2D eigenvalue weighted by Crippen LogP contribution is -2.39. The molecule has 0 bridgehead atoms. The summed E-state index contributed by atoms with van der Waals surface area (Å²) in [5.41, 5.74) is 2.74. The lowest BCUT2D eigenvalue weighted by Gasteiger charge is -2.23. The highest BCUT2D eigenvalue weighted by Crippen LogP contribution is 2.12. The van der Waals surface area contributed by atoms with Crippen LogP contribution in [-0.2, 0) is 11.3 Å². The second-order valence-electron chi connectivity index (χ2n) is 5.39. The molecule has 6 heteroatoms. The zero-order valence-electron chi connectivity index (χ0n) is 13.7. The highest BCUT2D eigenvalue weighted by atomic mass is 127. The van der Waals surface area contributed by atoms with Gasteiger partial charge in [-0.2, -0.15) is 0 Å². The van der Waals surface area contributed by atoms with E-state index in [4.69, 9.17) is 4.74 Å². The van der Waals surface area contributed by atoms with Crippen molar-refractivity contribution in [2.24, 2.45) is 4.99 Å². The molecule has 4 nitrogen and oxygen atoms in total. The third-order valence-corrected chi connectivity index (χ3v) is 4.22. The molecule has 1 N–H and O–H groups in total. The number of benzene rings is 1. The molecule has 0 aliphatic carbocycles. The molecule has 0 radical (unpaired) electrons. The summed E-state index contributed by atoms with van der Waals surface area (Å²) in [6.07, 6.45) is 4.29. The highest BCUT2D eigenvalue weighted by molar-refractivity contribution is 14.0. The number of halogens is 2. The molecule has 1 aromatic rings. The zero-order valence-corrected chi connectivity index (χ0v) is 17.6. The fraction of sp³-hybridized carbons (Fsp3) is 0.471. The Morgan fingerprint density at radius 2 is 2.09 bits per heavy atom. The molecule has 2 rings (SSSR count). The molecule has 0 unspecified atom stereocenters. The number of nitrogens with one attached hydrogen (secondary N) is 1. The van der Waals surface area contributed by atoms with E-state index in [-0.39, 0.29) is 24.0 Å². The van der Waals surface area contributed by atoms with Crippen molar-refractivity contribution in [1.29, 1.82) is 0 Å². The van der Waals surface area contributed by atoms with Crippen LogP contribution in [0, 0.1) is 0 Å². The minimum Gasteiger partial charge on any atom is -0.377 e. The van der Waals surface area contributed by atoms with Gasteiger partial charge in [-0.3, -0.25) is 4.99 Å². The molecular weight excluding hydrogens is 469 g/mol. The summed E-state index contributed by atoms with van der Waals surface area (Å²) in [6.45, 7) is 3.35. The maximum atomic E-state index is 5.33. The van der Waals surface area contributed by atoms with Crippen LogP contribution in [0.3, 0.4) is 0 Å². The van der Waals surface area contributed by atoms with Gasteiger partial charge in [0.05, 0.1) is 13.2 Å². The van der Waals surface area contributed by atoms with Crippen molar-refractivity contribution in [3.05, 3.63) is 46.0 Å². The zero-order chi connectivity index (χ0) is 15.8. The van der Waals surface area contributed by atoms with Gasteiger partial charge in [-0.1, -0.05) is 39.7 Å². The first-order valence-corrected chi connectivity index (χ1v) is 8.40. The fourth-order valence-corrected chi connectivity index (χ4v) is 2.71. The van der Waals surface area contributed by atoms with Crippen LogP contribution >= 0.6 is 39.9 Å². The van der Waals surface area contributed by atoms with Gasteiger partial charge in [-0.05, 0) is 30.5 Å². The van der Waals surface area contributed by atoms with Crippen molar-refractivity contribution in [3.8, 4) is 0 Å². The summed E-state index contributed by atoms with van der Waals surface area (Å²) in [5.74, 6) is 0.926. The molecule has 0 saturated carbocycles. The van der Waals surface area contributed by atoms with Crippen LogP contribution in [0.2, 0.25) is 0 Å². The van der Waals surface area contributed by atoms with Crippen LogP contribution in [0.1, 0.15) is 18.4 Å². The average Bonchev–Trinajstić information content (AvgIpc) is 2.54. The molecule has 1 aliphatic rings. The number of guanidine groups is 1. The van der Waals surface area contributed by atoms with Crippen molar-refractivity contribution < 1.29 is 4.74 Å². The summed E-state index contributed by atoms with van der Waals surface area (Å²) in [4.78, 5) is 6.50. The molecule has 128 valence electrons. The Hall–Kier alpha value is -0.600. The summed E-state index contributed by atoms with van der Waals surface area (Å²) in [7, 11) is 3.89. The second kappa shape index (κ2) is 11.0. The van der Waals surface area contributed by atoms with Crippen molar-refractivity contribution in [1.82, 2.24) is 10.2 Å². The van der Waals surface area contributed by atoms with Crippen LogP contribution in [0.25, 0.3) is 0 Å². The minimum absolute atomic E-state index is 0. The van der Waals surface area contributed by atoms with E-state index in [1.165, 1.54) is 11.1 Å². The Labute approximate surface area is 164 Å². The molecule has 1 heterocycles. The lowest BCUT2D eigenvalue weighted by atomic mass is 10.1. The number of hydrogen-bond donors (Lipinski definition) is 1. The third kappa shape index (κ3) is 7.22. The number of aliphatic imine (C=N–C) groups is 1. The Morgan fingerprint density at radius 3 is 2.70 bits per heavy atom. The molecule has 1 aromatic carbocycles. The standard InChI is InChI=1S/C17H24BrN3O.HI/c1-19-17(20-10-7-14-8-11-22-12-9-14)21(2)13-15-3-5-16(18)6-4-15;/h3-6,8H,7,9-13H2,1-2H3,(H,19,20);1H. The van der Waals surface area contributed by atoms with Gasteiger partial charge in [0.1, 0.15) is 0 Å². The summed E-state index contributed by atoms with van der Waals surface area (Å²) in [5, 5.41) is 3.43. The van der Waals surface area contributed by atoms with Crippen LogP contribution in [0.5, 0.6) is 0 Å². The largest absolute Gasteiger partial charge is 0.377 e. The molecule has 0 saturated heterocycles. The van der Waals surface area contributed by atoms with E-state index in [0.717, 1.165) is 49.6 Å². The third-order valence-electron chi connectivity index (χ3n) is 3.69. The molecule has 1 aliphatic heterocycles. The minimum atomic E-state index is 0. The van der Waals surface area contributed by atoms with E-state index in [2.05, 4.69) is 68.5 Å². The van der Waals surface area contributed by atoms with E-state index in [0.29, 0.717) is 0 Å². The van der Waals surface area contributed by atoms with Crippen LogP contribution in [0.4, 0.5) is 0 Å². The van der Waals surface area contributed by atoms with Gasteiger partial charge in [0.15, 0.2) is 5.96 Å². The number of rotatable bonds is 5. The topological polar surface area (TPSA) is 36.9 Å². The van der Waals surface area contributed by atoms with Crippen LogP contribution < -0.4 is 5.32 Å². The van der Waals surface area contributed by atoms with Gasteiger partial charge in [0.2, 0.25) is 0 Å². The van der Waals surface area contributed by atoms with Crippen LogP contribution in [0.15, 0.2) is 45.4 Å². The van der Waals surface area contributed by atoms with Gasteiger partial charge in [-0.25, -0.2) is 0 Å². The van der Waals surface area contributed by atoms with Gasteiger partial charge in [0.25, 0.3) is 0 Å². The molecule has 0 atom stereocenters. The Balaban J connectivity index is 0.00000264. The first-order valence-electron chi connectivity index (χ1n) is 7.61. The Bertz CT molecular complexity index is 531. The van der Waals surface area contributed by atoms with Gasteiger partial charge in [0, 0.05) is 31.7 Å². The van der Waals surface area contributed by atoms with Crippen LogP contribution in [-0.4, -0.2) is 44.7 Å². The predicted molar refractivity (Wildman–Crippen MR) is 111 cm³/mol. The number of nitrogens with zero attached hydrogens (tertiary/aromatic N) is 2. The molecule has 23 heavy (non-hydrogen) atoms. The van der Waals surface area contributed by atoms with Crippen molar-refractivity contribution in [2.75, 3.05) is 33.9 Å². The van der Waals surface area contributed by atoms with Crippen molar-refractivity contribution in [3.63, 3.8) is 0 Å². The van der Waals surface area contributed by atoms with E-state index < -0.39 is 0 Å². The van der Waals surface area contributed by atoms with Gasteiger partial charge >= 0.3 is 0 Å². The molecule has 0 amide bonds. The number of hydrogen-bond acceptors (Lipinski definition) is 2. The quantitative estimate of drug-likeness (QED) is 0.293. The monoisotopic (exact) mass is 493 g/mol. The summed E-state index contributed by atoms with van der Waals surface area (Å²) in [6, 6.07) is 8.38. The van der Waals surface area contributed by atoms with Crippen molar-refractivity contribution >= 4 is 45.9 Å². The summed E-state index contributed by atoms with van der Waals surface area (Å²) >= 11 is 3.46. The normalized spacial score (nSPS) is 14.7. The van der Waals surface area contributed by atoms with E-state index in [9.17, 15) is 0 Å². The molecular formula is C17H25BrIN3O. The number of ether oxygens (including phenoxy) is 1. The Morgan fingerprint density at radius 1 is 1.35 bits per heavy atom. The Kier molecular flexibility index (Phi) is 9.81. The lowest BCUT2D eigenvalue weighted by molar-refractivity contribution is 0.153. The van der Waals surface area contributed by atoms with E-state index >= 15 is 0 Å². The van der Waals surface area contributed by atoms with Gasteiger partial charge < -0.3 is 15.0 Å². The average molecular weight is 494 g/mol. The molecule has 0 spiro atoms. The smallest absolute Gasteiger partial charge is 0.193 e. The predicted octanol–water partition coefficient (Wildman–Crippen LogP) is 3.81. The molecule has 0 aromatic heterocycles. The van der Waals surface area contributed by atoms with Gasteiger partial charge in [-0.15, -0.1) is 24.0 Å². The first kappa shape index (κ1) is 20.4. The maximum Gasteiger partial charge on any atom is 0.193 e. The van der Waals surface area contributed by atoms with E-state index in [1.54, 1.807) is 0 Å². The maximum absolute atomic E-state index is 5.33. The first-order chi connectivity index (χ1) is 10.7. The summed E-state index contributed by atoms with van der Waals surface area (Å²) < 4.78 is 6.43. The SMILES string of the molecule is CN=C(NCCC1=CCOCC1)N(C)Cc1ccc(Br)cc1.I.